The second-order valence-electron chi connectivity index (χ2n) is 4.25. The zero-order chi connectivity index (χ0) is 12.3. The van der Waals surface area contributed by atoms with Crippen LogP contribution >= 0.6 is 0 Å². The molecule has 92 valence electrons. The first kappa shape index (κ1) is 11.9. The minimum atomic E-state index is -0.515. The second-order valence-corrected chi connectivity index (χ2v) is 4.25. The summed E-state index contributed by atoms with van der Waals surface area (Å²) in [6, 6.07) is 5.71. The molecule has 1 aliphatic heterocycles. The highest BCUT2D eigenvalue weighted by Crippen LogP contribution is 2.15. The van der Waals surface area contributed by atoms with E-state index in [-0.39, 0.29) is 11.7 Å². The van der Waals surface area contributed by atoms with Crippen molar-refractivity contribution in [1.82, 2.24) is 4.90 Å². The van der Waals surface area contributed by atoms with E-state index in [9.17, 15) is 9.18 Å². The quantitative estimate of drug-likeness (QED) is 0.806. The smallest absolute Gasteiger partial charge is 0.263 e. The maximum absolute atomic E-state index is 12.7. The lowest BCUT2D eigenvalue weighted by Gasteiger charge is -2.21. The van der Waals surface area contributed by atoms with Gasteiger partial charge in [-0.05, 0) is 44.0 Å². The Morgan fingerprint density at radius 2 is 1.88 bits per heavy atom. The Kier molecular flexibility index (Phi) is 3.61. The van der Waals surface area contributed by atoms with Gasteiger partial charge < -0.3 is 9.64 Å². The lowest BCUT2D eigenvalue weighted by molar-refractivity contribution is -0.136. The minimum absolute atomic E-state index is 0.00632. The fourth-order valence-corrected chi connectivity index (χ4v) is 1.96. The molecule has 1 amide bonds. The van der Waals surface area contributed by atoms with Crippen LogP contribution in [0.3, 0.4) is 0 Å². The van der Waals surface area contributed by atoms with Crippen LogP contribution in [0.5, 0.6) is 5.75 Å². The van der Waals surface area contributed by atoms with E-state index in [2.05, 4.69) is 0 Å². The first-order chi connectivity index (χ1) is 8.16. The summed E-state index contributed by atoms with van der Waals surface area (Å²) >= 11 is 0. The van der Waals surface area contributed by atoms with Crippen LogP contribution in [0.1, 0.15) is 19.8 Å². The number of halogens is 1. The van der Waals surface area contributed by atoms with Gasteiger partial charge in [0.15, 0.2) is 6.10 Å². The van der Waals surface area contributed by atoms with Gasteiger partial charge in [0.1, 0.15) is 11.6 Å². The van der Waals surface area contributed by atoms with Gasteiger partial charge in [-0.3, -0.25) is 4.79 Å². The third-order valence-electron chi connectivity index (χ3n) is 2.89. The van der Waals surface area contributed by atoms with Crippen LogP contribution in [-0.4, -0.2) is 30.0 Å². The van der Waals surface area contributed by atoms with Crippen molar-refractivity contribution in [1.29, 1.82) is 0 Å². The summed E-state index contributed by atoms with van der Waals surface area (Å²) in [7, 11) is 0. The van der Waals surface area contributed by atoms with Gasteiger partial charge in [-0.1, -0.05) is 0 Å². The molecular formula is C13H16FNO2. The van der Waals surface area contributed by atoms with Gasteiger partial charge >= 0.3 is 0 Å². The number of hydrogen-bond donors (Lipinski definition) is 0. The number of carbonyl (C=O) groups excluding carboxylic acids is 1. The Hall–Kier alpha value is -1.58. The van der Waals surface area contributed by atoms with Gasteiger partial charge in [0, 0.05) is 13.1 Å². The number of amides is 1. The van der Waals surface area contributed by atoms with E-state index in [0.29, 0.717) is 5.75 Å². The summed E-state index contributed by atoms with van der Waals surface area (Å²) in [6.07, 6.45) is 1.61. The number of rotatable bonds is 3. The molecule has 0 spiro atoms. The number of hydrogen-bond acceptors (Lipinski definition) is 2. The van der Waals surface area contributed by atoms with Gasteiger partial charge in [0.25, 0.3) is 5.91 Å². The third-order valence-corrected chi connectivity index (χ3v) is 2.89. The fourth-order valence-electron chi connectivity index (χ4n) is 1.96. The fraction of sp³-hybridized carbons (Fsp3) is 0.462. The summed E-state index contributed by atoms with van der Waals surface area (Å²) in [6.45, 7) is 3.36. The van der Waals surface area contributed by atoms with Crippen molar-refractivity contribution >= 4 is 5.91 Å². The second kappa shape index (κ2) is 5.17. The van der Waals surface area contributed by atoms with Crippen LogP contribution in [0.2, 0.25) is 0 Å². The number of ether oxygens (including phenoxy) is 1. The Morgan fingerprint density at radius 3 is 2.47 bits per heavy atom. The third kappa shape index (κ3) is 2.96. The van der Waals surface area contributed by atoms with Crippen LogP contribution in [0.25, 0.3) is 0 Å². The molecule has 1 fully saturated rings. The van der Waals surface area contributed by atoms with E-state index in [4.69, 9.17) is 4.74 Å². The molecule has 4 heteroatoms. The monoisotopic (exact) mass is 237 g/mol. The lowest BCUT2D eigenvalue weighted by Crippen LogP contribution is -2.38. The molecule has 0 saturated carbocycles. The highest BCUT2D eigenvalue weighted by molar-refractivity contribution is 5.81. The molecule has 1 atom stereocenters. The maximum Gasteiger partial charge on any atom is 0.263 e. The predicted molar refractivity (Wildman–Crippen MR) is 62.3 cm³/mol. The highest BCUT2D eigenvalue weighted by atomic mass is 19.1. The van der Waals surface area contributed by atoms with E-state index in [0.717, 1.165) is 25.9 Å². The first-order valence-corrected chi connectivity index (χ1v) is 5.88. The first-order valence-electron chi connectivity index (χ1n) is 5.88. The molecule has 0 radical (unpaired) electrons. The molecule has 17 heavy (non-hydrogen) atoms. The maximum atomic E-state index is 12.7. The SMILES string of the molecule is C[C@H](Oc1ccc(F)cc1)C(=O)N1CCCC1. The number of benzene rings is 1. The Balaban J connectivity index is 1.93. The van der Waals surface area contributed by atoms with Crippen molar-refractivity contribution < 1.29 is 13.9 Å². The predicted octanol–water partition coefficient (Wildman–Crippen LogP) is 2.22. The molecule has 1 heterocycles. The van der Waals surface area contributed by atoms with Gasteiger partial charge in [0.05, 0.1) is 0 Å². The summed E-state index contributed by atoms with van der Waals surface area (Å²) in [4.78, 5) is 13.8. The van der Waals surface area contributed by atoms with Crippen molar-refractivity contribution in [2.75, 3.05) is 13.1 Å². The Bertz CT molecular complexity index is 385. The Morgan fingerprint density at radius 1 is 1.29 bits per heavy atom. The molecule has 3 nitrogen and oxygen atoms in total. The Labute approximate surface area is 100 Å². The lowest BCUT2D eigenvalue weighted by atomic mass is 10.3. The molecule has 0 aliphatic carbocycles. The van der Waals surface area contributed by atoms with E-state index in [1.54, 1.807) is 6.92 Å². The van der Waals surface area contributed by atoms with Crippen molar-refractivity contribution in [3.05, 3.63) is 30.1 Å². The molecule has 1 aromatic carbocycles. The molecule has 0 N–H and O–H groups in total. The van der Waals surface area contributed by atoms with Crippen molar-refractivity contribution in [2.45, 2.75) is 25.9 Å². The van der Waals surface area contributed by atoms with E-state index in [1.165, 1.54) is 24.3 Å². The van der Waals surface area contributed by atoms with Crippen LogP contribution in [0.4, 0.5) is 4.39 Å². The summed E-state index contributed by atoms with van der Waals surface area (Å²) in [5.41, 5.74) is 0. The number of likely N-dealkylation sites (tertiary alicyclic amines) is 1. The van der Waals surface area contributed by atoms with Gasteiger partial charge in [-0.15, -0.1) is 0 Å². The van der Waals surface area contributed by atoms with Crippen LogP contribution < -0.4 is 4.74 Å². The molecule has 0 bridgehead atoms. The van der Waals surface area contributed by atoms with Gasteiger partial charge in [-0.2, -0.15) is 0 Å². The average molecular weight is 237 g/mol. The summed E-state index contributed by atoms with van der Waals surface area (Å²) in [5.74, 6) is 0.217. The van der Waals surface area contributed by atoms with E-state index >= 15 is 0 Å². The van der Waals surface area contributed by atoms with Crippen LogP contribution in [0.15, 0.2) is 24.3 Å². The number of nitrogens with zero attached hydrogens (tertiary/aromatic N) is 1. The molecule has 0 aromatic heterocycles. The van der Waals surface area contributed by atoms with E-state index in [1.807, 2.05) is 4.90 Å². The normalized spacial score (nSPS) is 16.9. The molecule has 2 rings (SSSR count). The molecule has 1 aliphatic rings. The molecular weight excluding hydrogens is 221 g/mol. The molecule has 1 aromatic rings. The number of carbonyl (C=O) groups is 1. The molecule has 0 unspecified atom stereocenters. The average Bonchev–Trinajstić information content (AvgIpc) is 2.84. The highest BCUT2D eigenvalue weighted by Gasteiger charge is 2.24. The summed E-state index contributed by atoms with van der Waals surface area (Å²) < 4.78 is 18.2. The minimum Gasteiger partial charge on any atom is -0.481 e. The largest absolute Gasteiger partial charge is 0.481 e. The van der Waals surface area contributed by atoms with Gasteiger partial charge in [-0.25, -0.2) is 4.39 Å². The van der Waals surface area contributed by atoms with Gasteiger partial charge in [0.2, 0.25) is 0 Å². The van der Waals surface area contributed by atoms with E-state index < -0.39 is 6.10 Å². The van der Waals surface area contributed by atoms with Crippen molar-refractivity contribution in [3.8, 4) is 5.75 Å². The van der Waals surface area contributed by atoms with Crippen molar-refractivity contribution in [3.63, 3.8) is 0 Å². The topological polar surface area (TPSA) is 29.5 Å². The summed E-state index contributed by atoms with van der Waals surface area (Å²) in [5, 5.41) is 0. The standard InChI is InChI=1S/C13H16FNO2/c1-10(13(16)15-8-2-3-9-15)17-12-6-4-11(14)5-7-12/h4-7,10H,2-3,8-9H2,1H3/t10-/m0/s1. The zero-order valence-electron chi connectivity index (χ0n) is 9.86. The zero-order valence-corrected chi connectivity index (χ0v) is 9.86. The van der Waals surface area contributed by atoms with Crippen LogP contribution in [-0.2, 0) is 4.79 Å². The van der Waals surface area contributed by atoms with Crippen molar-refractivity contribution in [2.24, 2.45) is 0 Å². The van der Waals surface area contributed by atoms with Crippen LogP contribution in [0, 0.1) is 5.82 Å². The molecule has 1 saturated heterocycles.